The number of carbonyl (C=O) groups excluding carboxylic acids is 1. The van der Waals surface area contributed by atoms with Crippen LogP contribution in [0, 0.1) is 17.8 Å². The summed E-state index contributed by atoms with van der Waals surface area (Å²) in [5.74, 6) is -0.808. The van der Waals surface area contributed by atoms with E-state index in [0.29, 0.717) is 4.90 Å². The van der Waals surface area contributed by atoms with Gasteiger partial charge in [-0.25, -0.2) is 4.21 Å². The highest BCUT2D eigenvalue weighted by Gasteiger charge is 2.69. The highest BCUT2D eigenvalue weighted by atomic mass is 32.2. The number of rotatable bonds is 3. The SMILES string of the molecule is Cc1ccc(S(=O)O)cc1.O=C(NC1CC2(CNC2)C1)C1(C(F)(F)F)CC1. The van der Waals surface area contributed by atoms with E-state index in [1.54, 1.807) is 12.1 Å². The highest BCUT2D eigenvalue weighted by molar-refractivity contribution is 7.79. The fourth-order valence-electron chi connectivity index (χ4n) is 3.60. The van der Waals surface area contributed by atoms with Crippen molar-refractivity contribution in [3.63, 3.8) is 0 Å². The minimum Gasteiger partial charge on any atom is -0.353 e. The summed E-state index contributed by atoms with van der Waals surface area (Å²) in [7, 11) is 0. The lowest BCUT2D eigenvalue weighted by atomic mass is 9.61. The van der Waals surface area contributed by atoms with Gasteiger partial charge in [0.15, 0.2) is 11.1 Å². The van der Waals surface area contributed by atoms with E-state index in [0.717, 1.165) is 31.5 Å². The van der Waals surface area contributed by atoms with E-state index in [2.05, 4.69) is 10.6 Å². The molecule has 3 aliphatic rings. The topological polar surface area (TPSA) is 78.4 Å². The first-order chi connectivity index (χ1) is 12.6. The second kappa shape index (κ2) is 7.18. The third-order valence-electron chi connectivity index (χ3n) is 5.64. The molecule has 3 N–H and O–H groups in total. The molecule has 1 heterocycles. The largest absolute Gasteiger partial charge is 0.403 e. The van der Waals surface area contributed by atoms with Gasteiger partial charge in [0.2, 0.25) is 5.91 Å². The molecule has 1 amide bonds. The van der Waals surface area contributed by atoms with Gasteiger partial charge in [0.25, 0.3) is 0 Å². The molecule has 1 aromatic rings. The summed E-state index contributed by atoms with van der Waals surface area (Å²) in [4.78, 5) is 12.1. The summed E-state index contributed by atoms with van der Waals surface area (Å²) in [5, 5.41) is 5.71. The fourth-order valence-corrected chi connectivity index (χ4v) is 3.97. The van der Waals surface area contributed by atoms with Gasteiger partial charge in [-0.1, -0.05) is 17.7 Å². The van der Waals surface area contributed by atoms with Crippen molar-refractivity contribution in [1.29, 1.82) is 0 Å². The van der Waals surface area contributed by atoms with Gasteiger partial charge in [0.1, 0.15) is 5.41 Å². The van der Waals surface area contributed by atoms with E-state index in [4.69, 9.17) is 4.55 Å². The lowest BCUT2D eigenvalue weighted by Crippen LogP contribution is -2.65. The van der Waals surface area contributed by atoms with Crippen LogP contribution in [0.25, 0.3) is 0 Å². The van der Waals surface area contributed by atoms with Crippen molar-refractivity contribution in [2.24, 2.45) is 10.8 Å². The van der Waals surface area contributed by atoms with Crippen molar-refractivity contribution in [2.75, 3.05) is 13.1 Å². The summed E-state index contributed by atoms with van der Waals surface area (Å²) in [6, 6.07) is 6.86. The number of amides is 1. The molecule has 1 aliphatic heterocycles. The van der Waals surface area contributed by atoms with E-state index in [1.807, 2.05) is 19.1 Å². The van der Waals surface area contributed by atoms with Gasteiger partial charge in [0.05, 0.1) is 4.90 Å². The number of hydrogen-bond donors (Lipinski definition) is 3. The Morgan fingerprint density at radius 1 is 1.22 bits per heavy atom. The van der Waals surface area contributed by atoms with Crippen LogP contribution in [0.5, 0.6) is 0 Å². The predicted molar refractivity (Wildman–Crippen MR) is 94.4 cm³/mol. The standard InChI is InChI=1S/C11H15F3N2O.C7H8O2S/c12-11(13,14)10(1-2-10)8(17)16-7-3-9(4-7)5-15-6-9;1-6-2-4-7(5-3-6)10(8)9/h7,15H,1-6H2,(H,16,17);2-5H,1H3,(H,8,9). The van der Waals surface area contributed by atoms with Crippen molar-refractivity contribution < 1.29 is 26.7 Å². The molecular formula is C18H23F3N2O3S. The molecule has 0 radical (unpaired) electrons. The van der Waals surface area contributed by atoms with Gasteiger partial charge in [0, 0.05) is 19.1 Å². The molecule has 1 unspecified atom stereocenters. The molecule has 2 aliphatic carbocycles. The summed E-state index contributed by atoms with van der Waals surface area (Å²) < 4.78 is 57.0. The van der Waals surface area contributed by atoms with Crippen LogP contribution in [0.3, 0.4) is 0 Å². The average molecular weight is 404 g/mol. The van der Waals surface area contributed by atoms with Crippen LogP contribution in [-0.4, -0.2) is 40.0 Å². The number of benzene rings is 1. The Bertz CT molecular complexity index is 720. The summed E-state index contributed by atoms with van der Waals surface area (Å²) >= 11 is -1.84. The normalized spacial score (nSPS) is 23.3. The molecule has 4 rings (SSSR count). The van der Waals surface area contributed by atoms with Gasteiger partial charge in [-0.15, -0.1) is 0 Å². The molecule has 9 heteroatoms. The van der Waals surface area contributed by atoms with Gasteiger partial charge in [-0.3, -0.25) is 4.79 Å². The monoisotopic (exact) mass is 404 g/mol. The second-order valence-electron chi connectivity index (χ2n) is 7.82. The molecule has 1 saturated heterocycles. The molecule has 1 atom stereocenters. The first-order valence-electron chi connectivity index (χ1n) is 8.83. The van der Waals surface area contributed by atoms with Crippen molar-refractivity contribution in [1.82, 2.24) is 10.6 Å². The van der Waals surface area contributed by atoms with E-state index < -0.39 is 28.6 Å². The minimum absolute atomic E-state index is 0.0515. The Labute approximate surface area is 158 Å². The van der Waals surface area contributed by atoms with Crippen LogP contribution in [-0.2, 0) is 15.9 Å². The van der Waals surface area contributed by atoms with Gasteiger partial charge < -0.3 is 15.2 Å². The van der Waals surface area contributed by atoms with Crippen LogP contribution in [0.4, 0.5) is 13.2 Å². The molecule has 27 heavy (non-hydrogen) atoms. The average Bonchev–Trinajstić information content (AvgIpc) is 3.31. The molecule has 1 spiro atoms. The van der Waals surface area contributed by atoms with E-state index >= 15 is 0 Å². The second-order valence-corrected chi connectivity index (χ2v) is 8.79. The molecule has 150 valence electrons. The molecule has 3 fully saturated rings. The van der Waals surface area contributed by atoms with Gasteiger partial charge >= 0.3 is 6.18 Å². The van der Waals surface area contributed by atoms with Crippen molar-refractivity contribution in [3.05, 3.63) is 29.8 Å². The lowest BCUT2D eigenvalue weighted by molar-refractivity contribution is -0.193. The smallest absolute Gasteiger partial charge is 0.353 e. The molecule has 2 saturated carbocycles. The minimum atomic E-state index is -4.39. The van der Waals surface area contributed by atoms with E-state index in [-0.39, 0.29) is 24.3 Å². The Kier molecular flexibility index (Phi) is 5.39. The molecule has 0 aromatic heterocycles. The Morgan fingerprint density at radius 3 is 2.15 bits per heavy atom. The summed E-state index contributed by atoms with van der Waals surface area (Å²) in [5.41, 5.74) is -0.699. The molecule has 5 nitrogen and oxygen atoms in total. The van der Waals surface area contributed by atoms with Gasteiger partial charge in [-0.2, -0.15) is 13.2 Å². The highest BCUT2D eigenvalue weighted by Crippen LogP contribution is 2.58. The van der Waals surface area contributed by atoms with Crippen molar-refractivity contribution in [2.45, 2.75) is 49.7 Å². The van der Waals surface area contributed by atoms with Crippen LogP contribution in [0.1, 0.15) is 31.2 Å². The number of aryl methyl sites for hydroxylation is 1. The Morgan fingerprint density at radius 2 is 1.78 bits per heavy atom. The van der Waals surface area contributed by atoms with Crippen molar-refractivity contribution >= 4 is 17.0 Å². The van der Waals surface area contributed by atoms with Gasteiger partial charge in [-0.05, 0) is 50.2 Å². The van der Waals surface area contributed by atoms with E-state index in [9.17, 15) is 22.2 Å². The fraction of sp³-hybridized carbons (Fsp3) is 0.611. The maximum absolute atomic E-state index is 12.7. The molecule has 1 aromatic carbocycles. The number of carbonyl (C=O) groups is 1. The Balaban J connectivity index is 0.000000180. The third-order valence-corrected chi connectivity index (χ3v) is 6.32. The number of hydrogen-bond acceptors (Lipinski definition) is 3. The number of alkyl halides is 3. The maximum Gasteiger partial charge on any atom is 0.403 e. The van der Waals surface area contributed by atoms with Crippen LogP contribution >= 0.6 is 0 Å². The van der Waals surface area contributed by atoms with Crippen LogP contribution in [0.15, 0.2) is 29.2 Å². The third kappa shape index (κ3) is 4.20. The summed E-state index contributed by atoms with van der Waals surface area (Å²) in [6.07, 6.45) is -2.86. The quantitative estimate of drug-likeness (QED) is 0.677. The first-order valence-corrected chi connectivity index (χ1v) is 9.94. The molecular weight excluding hydrogens is 381 g/mol. The van der Waals surface area contributed by atoms with Crippen molar-refractivity contribution in [3.8, 4) is 0 Å². The number of halogens is 3. The van der Waals surface area contributed by atoms with E-state index in [1.165, 1.54) is 0 Å². The maximum atomic E-state index is 12.7. The summed E-state index contributed by atoms with van der Waals surface area (Å²) in [6.45, 7) is 3.80. The Hall–Kier alpha value is -1.45. The lowest BCUT2D eigenvalue weighted by Gasteiger charge is -2.54. The first kappa shape index (κ1) is 20.3. The zero-order valence-electron chi connectivity index (χ0n) is 14.9. The molecule has 0 bridgehead atoms. The van der Waals surface area contributed by atoms with Crippen LogP contribution < -0.4 is 10.6 Å². The zero-order valence-corrected chi connectivity index (χ0v) is 15.8. The van der Waals surface area contributed by atoms with Crippen LogP contribution in [0.2, 0.25) is 0 Å². The number of nitrogens with one attached hydrogen (secondary N) is 2. The zero-order chi connectivity index (χ0) is 19.9. The predicted octanol–water partition coefficient (Wildman–Crippen LogP) is 2.77.